The molecule has 0 saturated heterocycles. The van der Waals surface area contributed by atoms with Gasteiger partial charge in [0.2, 0.25) is 5.91 Å². The molecule has 0 aliphatic rings. The van der Waals surface area contributed by atoms with Gasteiger partial charge < -0.3 is 20.3 Å². The number of esters is 1. The van der Waals surface area contributed by atoms with E-state index in [9.17, 15) is 19.8 Å². The number of aliphatic hydroxyl groups is 2. The van der Waals surface area contributed by atoms with Crippen molar-refractivity contribution < 1.29 is 24.5 Å². The monoisotopic (exact) mass is 822 g/mol. The van der Waals surface area contributed by atoms with Crippen molar-refractivity contribution in [3.05, 3.63) is 85.1 Å². The normalized spacial score (nSPS) is 14.1. The summed E-state index contributed by atoms with van der Waals surface area (Å²) in [6.07, 6.45) is 59.4. The van der Waals surface area contributed by atoms with Crippen LogP contribution in [0.25, 0.3) is 0 Å². The fourth-order valence-corrected chi connectivity index (χ4v) is 6.81. The number of aliphatic hydroxyl groups excluding tert-OH is 2. The molecule has 1 amide bonds. The summed E-state index contributed by atoms with van der Waals surface area (Å²) in [4.78, 5) is 26.0. The Hall–Kier alpha value is -2.96. The predicted octanol–water partition coefficient (Wildman–Crippen LogP) is 14.4. The molecule has 338 valence electrons. The molecule has 0 radical (unpaired) electrons. The molecule has 6 nitrogen and oxygen atoms in total. The van der Waals surface area contributed by atoms with Crippen LogP contribution in [0.15, 0.2) is 85.1 Å². The van der Waals surface area contributed by atoms with Crippen molar-refractivity contribution >= 4 is 11.9 Å². The van der Waals surface area contributed by atoms with Crippen molar-refractivity contribution in [2.24, 2.45) is 0 Å². The molecule has 0 aliphatic heterocycles. The van der Waals surface area contributed by atoms with Gasteiger partial charge >= 0.3 is 5.97 Å². The van der Waals surface area contributed by atoms with Gasteiger partial charge in [-0.1, -0.05) is 202 Å². The van der Waals surface area contributed by atoms with Crippen LogP contribution in [-0.2, 0) is 14.3 Å². The van der Waals surface area contributed by atoms with E-state index in [1.165, 1.54) is 83.5 Å². The Labute approximate surface area is 363 Å². The topological polar surface area (TPSA) is 95.9 Å². The summed E-state index contributed by atoms with van der Waals surface area (Å²) in [5.74, 6) is -0.611. The fourth-order valence-electron chi connectivity index (χ4n) is 6.81. The summed E-state index contributed by atoms with van der Waals surface area (Å²) >= 11 is 0. The molecule has 0 aromatic rings. The molecular formula is C53H91NO5. The number of hydrogen-bond donors (Lipinski definition) is 3. The summed E-state index contributed by atoms with van der Waals surface area (Å²) < 4.78 is 5.85. The number of amides is 1. The Morgan fingerprint density at radius 2 is 0.932 bits per heavy atom. The van der Waals surface area contributed by atoms with Crippen LogP contribution in [-0.4, -0.2) is 46.9 Å². The van der Waals surface area contributed by atoms with E-state index in [1.54, 1.807) is 0 Å². The molecule has 0 spiro atoms. The lowest BCUT2D eigenvalue weighted by molar-refractivity contribution is -0.150. The van der Waals surface area contributed by atoms with E-state index in [2.05, 4.69) is 105 Å². The number of hydrogen-bond acceptors (Lipinski definition) is 5. The van der Waals surface area contributed by atoms with Crippen LogP contribution in [0, 0.1) is 0 Å². The molecule has 0 bridgehead atoms. The second-order valence-electron chi connectivity index (χ2n) is 16.1. The molecule has 3 atom stereocenters. The molecule has 3 unspecified atom stereocenters. The first kappa shape index (κ1) is 56.0. The number of carbonyl (C=O) groups is 2. The van der Waals surface area contributed by atoms with E-state index in [-0.39, 0.29) is 31.3 Å². The molecule has 6 heteroatoms. The van der Waals surface area contributed by atoms with Gasteiger partial charge in [0.25, 0.3) is 0 Å². The van der Waals surface area contributed by atoms with Crippen LogP contribution in [0.1, 0.15) is 213 Å². The zero-order valence-electron chi connectivity index (χ0n) is 38.4. The Balaban J connectivity index is 4.71. The van der Waals surface area contributed by atoms with Gasteiger partial charge in [-0.2, -0.15) is 0 Å². The maximum atomic E-state index is 13.1. The molecule has 0 saturated carbocycles. The Bertz CT molecular complexity index is 1150. The summed E-state index contributed by atoms with van der Waals surface area (Å²) in [7, 11) is 0. The molecule has 0 fully saturated rings. The number of carbonyl (C=O) groups excluding carboxylic acids is 2. The lowest BCUT2D eigenvalue weighted by Crippen LogP contribution is -2.46. The number of rotatable bonds is 42. The van der Waals surface area contributed by atoms with Crippen LogP contribution >= 0.6 is 0 Å². The summed E-state index contributed by atoms with van der Waals surface area (Å²) in [5.41, 5.74) is 0. The van der Waals surface area contributed by atoms with E-state index in [4.69, 9.17) is 4.74 Å². The highest BCUT2D eigenvalue weighted by molar-refractivity contribution is 5.77. The average Bonchev–Trinajstić information content (AvgIpc) is 3.23. The standard InChI is InChI=1S/C53H91NO5/c1-4-7-10-13-16-19-22-23-24-25-26-27-28-29-31-34-37-40-43-46-53(58)59-49(44-41-38-35-32-30-20-17-14-11-8-5-2)47-52(57)54-50(48-55)51(56)45-42-39-36-33-21-18-15-12-9-6-3/h7,10,16,19,23-24,26-27,29,31-32,35,37,40,49-51,55-56H,4-6,8-9,11-15,17-18,20-22,25,28,30,33-34,36,38-39,41-48H2,1-3H3,(H,54,57)/b10-7-,19-16-,24-23-,27-26-,31-29-,35-32-,40-37-. The molecule has 0 aliphatic carbocycles. The summed E-state index contributed by atoms with van der Waals surface area (Å²) in [6, 6.07) is -0.726. The molecule has 3 N–H and O–H groups in total. The average molecular weight is 822 g/mol. The van der Waals surface area contributed by atoms with Crippen molar-refractivity contribution in [1.82, 2.24) is 5.32 Å². The Kier molecular flexibility index (Phi) is 43.8. The van der Waals surface area contributed by atoms with Crippen LogP contribution in [0.3, 0.4) is 0 Å². The smallest absolute Gasteiger partial charge is 0.306 e. The van der Waals surface area contributed by atoms with Crippen molar-refractivity contribution in [1.29, 1.82) is 0 Å². The second-order valence-corrected chi connectivity index (χ2v) is 16.1. The third-order valence-corrected chi connectivity index (χ3v) is 10.5. The third kappa shape index (κ3) is 41.6. The molecule has 0 heterocycles. The van der Waals surface area contributed by atoms with Gasteiger partial charge in [0, 0.05) is 6.42 Å². The van der Waals surface area contributed by atoms with Crippen LogP contribution in [0.2, 0.25) is 0 Å². The summed E-state index contributed by atoms with van der Waals surface area (Å²) in [5, 5.41) is 23.6. The number of nitrogens with one attached hydrogen (secondary N) is 1. The quantitative estimate of drug-likeness (QED) is 0.0324. The minimum absolute atomic E-state index is 0.0224. The number of unbranched alkanes of at least 4 members (excludes halogenated alkanes) is 16. The first-order valence-corrected chi connectivity index (χ1v) is 24.3. The first-order chi connectivity index (χ1) is 29.0. The predicted molar refractivity (Wildman–Crippen MR) is 254 cm³/mol. The largest absolute Gasteiger partial charge is 0.462 e. The maximum absolute atomic E-state index is 13.1. The van der Waals surface area contributed by atoms with Gasteiger partial charge in [-0.3, -0.25) is 9.59 Å². The van der Waals surface area contributed by atoms with Crippen molar-refractivity contribution in [2.45, 2.75) is 232 Å². The molecule has 0 aromatic heterocycles. The van der Waals surface area contributed by atoms with Gasteiger partial charge in [-0.25, -0.2) is 0 Å². The van der Waals surface area contributed by atoms with Gasteiger partial charge in [0.15, 0.2) is 0 Å². The SMILES string of the molecule is CC/C=C\C/C=C\C/C=C\C/C=C\C/C=C\C/C=C\CCC(=O)OC(CCC/C=C\CCCCCCCC)CC(=O)NC(CO)C(O)CCCCCCCCCCCC. The molecule has 0 rings (SSSR count). The van der Waals surface area contributed by atoms with Crippen LogP contribution in [0.4, 0.5) is 0 Å². The van der Waals surface area contributed by atoms with Gasteiger partial charge in [0.05, 0.1) is 25.2 Å². The van der Waals surface area contributed by atoms with E-state index in [1.807, 2.05) is 6.08 Å². The first-order valence-electron chi connectivity index (χ1n) is 24.3. The van der Waals surface area contributed by atoms with Crippen LogP contribution in [0.5, 0.6) is 0 Å². The Morgan fingerprint density at radius 1 is 0.508 bits per heavy atom. The van der Waals surface area contributed by atoms with Gasteiger partial charge in [-0.05, 0) is 83.5 Å². The molecular weight excluding hydrogens is 731 g/mol. The highest BCUT2D eigenvalue weighted by Crippen LogP contribution is 2.16. The fraction of sp³-hybridized carbons (Fsp3) is 0.698. The number of allylic oxidation sites excluding steroid dienone is 14. The van der Waals surface area contributed by atoms with Gasteiger partial charge in [0.1, 0.15) is 6.10 Å². The lowest BCUT2D eigenvalue weighted by Gasteiger charge is -2.24. The van der Waals surface area contributed by atoms with Crippen LogP contribution < -0.4 is 5.32 Å². The zero-order valence-corrected chi connectivity index (χ0v) is 38.4. The van der Waals surface area contributed by atoms with E-state index >= 15 is 0 Å². The van der Waals surface area contributed by atoms with Gasteiger partial charge in [-0.15, -0.1) is 0 Å². The van der Waals surface area contributed by atoms with E-state index in [0.29, 0.717) is 19.3 Å². The maximum Gasteiger partial charge on any atom is 0.306 e. The molecule has 0 aromatic carbocycles. The Morgan fingerprint density at radius 3 is 1.42 bits per heavy atom. The second kappa shape index (κ2) is 46.1. The summed E-state index contributed by atoms with van der Waals surface area (Å²) in [6.45, 7) is 6.30. The lowest BCUT2D eigenvalue weighted by atomic mass is 10.0. The van der Waals surface area contributed by atoms with Crippen molar-refractivity contribution in [2.75, 3.05) is 6.61 Å². The van der Waals surface area contributed by atoms with E-state index in [0.717, 1.165) is 77.0 Å². The zero-order chi connectivity index (χ0) is 43.1. The highest BCUT2D eigenvalue weighted by atomic mass is 16.5. The third-order valence-electron chi connectivity index (χ3n) is 10.5. The highest BCUT2D eigenvalue weighted by Gasteiger charge is 2.23. The molecule has 59 heavy (non-hydrogen) atoms. The minimum Gasteiger partial charge on any atom is -0.462 e. The van der Waals surface area contributed by atoms with Crippen molar-refractivity contribution in [3.63, 3.8) is 0 Å². The van der Waals surface area contributed by atoms with E-state index < -0.39 is 18.2 Å². The van der Waals surface area contributed by atoms with Crippen molar-refractivity contribution in [3.8, 4) is 0 Å². The minimum atomic E-state index is -0.808. The number of ether oxygens (including phenoxy) is 1.